The van der Waals surface area contributed by atoms with E-state index in [2.05, 4.69) is 0 Å². The second-order valence-corrected chi connectivity index (χ2v) is 4.39. The number of nitrogens with zero attached hydrogens (tertiary/aromatic N) is 1. The Kier molecular flexibility index (Phi) is 4.84. The van der Waals surface area contributed by atoms with Gasteiger partial charge in [-0.15, -0.1) is 0 Å². The Labute approximate surface area is 106 Å². The van der Waals surface area contributed by atoms with E-state index in [1.165, 1.54) is 6.07 Å². The van der Waals surface area contributed by atoms with Gasteiger partial charge in [0.25, 0.3) is 0 Å². The SMILES string of the molecule is COCC(C)N(C)c1ccc(C(N)=S)cc1F. The van der Waals surface area contributed by atoms with Crippen LogP contribution in [0.1, 0.15) is 12.5 Å². The highest BCUT2D eigenvalue weighted by molar-refractivity contribution is 7.80. The molecular weight excluding hydrogens is 239 g/mol. The first-order chi connectivity index (χ1) is 7.97. The van der Waals surface area contributed by atoms with Crippen molar-refractivity contribution < 1.29 is 9.13 Å². The molecule has 1 aromatic carbocycles. The van der Waals surface area contributed by atoms with E-state index >= 15 is 0 Å². The molecule has 94 valence electrons. The van der Waals surface area contributed by atoms with Crippen LogP contribution in [0.5, 0.6) is 0 Å². The number of ether oxygens (including phenoxy) is 1. The molecule has 0 radical (unpaired) electrons. The van der Waals surface area contributed by atoms with Crippen LogP contribution in [-0.4, -0.2) is 31.8 Å². The summed E-state index contributed by atoms with van der Waals surface area (Å²) in [5.41, 5.74) is 6.49. The van der Waals surface area contributed by atoms with Gasteiger partial charge in [0.05, 0.1) is 12.3 Å². The molecule has 1 atom stereocenters. The Bertz CT molecular complexity index is 411. The first-order valence-corrected chi connectivity index (χ1v) is 5.69. The lowest BCUT2D eigenvalue weighted by Gasteiger charge is -2.27. The standard InChI is InChI=1S/C12H17FN2OS/c1-8(7-16-3)15(2)11-5-4-9(12(14)17)6-10(11)13/h4-6,8H,7H2,1-3H3,(H2,14,17). The summed E-state index contributed by atoms with van der Waals surface area (Å²) in [7, 11) is 3.44. The van der Waals surface area contributed by atoms with Gasteiger partial charge in [-0.05, 0) is 25.1 Å². The fourth-order valence-corrected chi connectivity index (χ4v) is 1.66. The number of hydrogen-bond donors (Lipinski definition) is 1. The predicted molar refractivity (Wildman–Crippen MR) is 72.0 cm³/mol. The predicted octanol–water partition coefficient (Wildman–Crippen LogP) is 1.93. The Balaban J connectivity index is 2.95. The largest absolute Gasteiger partial charge is 0.389 e. The number of hydrogen-bond acceptors (Lipinski definition) is 3. The summed E-state index contributed by atoms with van der Waals surface area (Å²) < 4.78 is 18.9. The van der Waals surface area contributed by atoms with Crippen molar-refractivity contribution in [1.29, 1.82) is 0 Å². The van der Waals surface area contributed by atoms with Crippen LogP contribution < -0.4 is 10.6 Å². The quantitative estimate of drug-likeness (QED) is 0.817. The molecule has 0 heterocycles. The zero-order valence-electron chi connectivity index (χ0n) is 10.2. The number of anilines is 1. The molecule has 5 heteroatoms. The molecule has 17 heavy (non-hydrogen) atoms. The van der Waals surface area contributed by atoms with Gasteiger partial charge < -0.3 is 15.4 Å². The van der Waals surface area contributed by atoms with Crippen molar-refractivity contribution in [2.24, 2.45) is 5.73 Å². The van der Waals surface area contributed by atoms with Crippen molar-refractivity contribution in [3.05, 3.63) is 29.6 Å². The van der Waals surface area contributed by atoms with Crippen LogP contribution >= 0.6 is 12.2 Å². The van der Waals surface area contributed by atoms with Gasteiger partial charge in [-0.2, -0.15) is 0 Å². The van der Waals surface area contributed by atoms with Crippen molar-refractivity contribution >= 4 is 22.9 Å². The summed E-state index contributed by atoms with van der Waals surface area (Å²) in [6.45, 7) is 2.50. The van der Waals surface area contributed by atoms with E-state index in [1.807, 2.05) is 18.9 Å². The van der Waals surface area contributed by atoms with Gasteiger partial charge in [-0.25, -0.2) is 4.39 Å². The van der Waals surface area contributed by atoms with E-state index in [0.29, 0.717) is 17.9 Å². The normalized spacial score (nSPS) is 12.2. The average molecular weight is 256 g/mol. The molecule has 0 amide bonds. The van der Waals surface area contributed by atoms with Crippen molar-refractivity contribution in [1.82, 2.24) is 0 Å². The highest BCUT2D eigenvalue weighted by Crippen LogP contribution is 2.21. The topological polar surface area (TPSA) is 38.5 Å². The van der Waals surface area contributed by atoms with Gasteiger partial charge in [0, 0.05) is 25.8 Å². The van der Waals surface area contributed by atoms with Crippen molar-refractivity contribution in [3.8, 4) is 0 Å². The second-order valence-electron chi connectivity index (χ2n) is 3.95. The van der Waals surface area contributed by atoms with E-state index in [9.17, 15) is 4.39 Å². The van der Waals surface area contributed by atoms with E-state index in [-0.39, 0.29) is 16.8 Å². The molecule has 0 fully saturated rings. The molecule has 3 nitrogen and oxygen atoms in total. The molecule has 2 N–H and O–H groups in total. The maximum absolute atomic E-state index is 13.9. The Morgan fingerprint density at radius 3 is 2.71 bits per heavy atom. The Morgan fingerprint density at radius 2 is 2.24 bits per heavy atom. The van der Waals surface area contributed by atoms with Gasteiger partial charge in [0.1, 0.15) is 10.8 Å². The Morgan fingerprint density at radius 1 is 1.59 bits per heavy atom. The monoisotopic (exact) mass is 256 g/mol. The minimum absolute atomic E-state index is 0.0881. The smallest absolute Gasteiger partial charge is 0.147 e. The van der Waals surface area contributed by atoms with Crippen molar-refractivity contribution in [3.63, 3.8) is 0 Å². The molecular formula is C12H17FN2OS. The minimum atomic E-state index is -0.333. The maximum atomic E-state index is 13.9. The summed E-state index contributed by atoms with van der Waals surface area (Å²) in [4.78, 5) is 2.02. The summed E-state index contributed by atoms with van der Waals surface area (Å²) >= 11 is 4.80. The molecule has 0 aliphatic heterocycles. The van der Waals surface area contributed by atoms with E-state index in [1.54, 1.807) is 19.2 Å². The first kappa shape index (κ1) is 13.9. The summed E-state index contributed by atoms with van der Waals surface area (Å²) in [6.07, 6.45) is 0. The van der Waals surface area contributed by atoms with E-state index in [0.717, 1.165) is 0 Å². The third-order valence-electron chi connectivity index (χ3n) is 2.68. The first-order valence-electron chi connectivity index (χ1n) is 5.28. The fourth-order valence-electron chi connectivity index (χ4n) is 1.54. The molecule has 0 aliphatic rings. The molecule has 1 rings (SSSR count). The van der Waals surface area contributed by atoms with Gasteiger partial charge in [0.15, 0.2) is 0 Å². The van der Waals surface area contributed by atoms with Gasteiger partial charge >= 0.3 is 0 Å². The number of benzene rings is 1. The lowest BCUT2D eigenvalue weighted by molar-refractivity contribution is 0.183. The molecule has 0 aliphatic carbocycles. The zero-order chi connectivity index (χ0) is 13.0. The lowest BCUT2D eigenvalue weighted by atomic mass is 10.1. The van der Waals surface area contributed by atoms with Gasteiger partial charge in [-0.1, -0.05) is 12.2 Å². The second kappa shape index (κ2) is 5.93. The highest BCUT2D eigenvalue weighted by Gasteiger charge is 2.14. The number of rotatable bonds is 5. The Hall–Kier alpha value is -1.20. The molecule has 0 saturated heterocycles. The molecule has 1 aromatic rings. The van der Waals surface area contributed by atoms with Crippen LogP contribution in [0.2, 0.25) is 0 Å². The summed E-state index contributed by atoms with van der Waals surface area (Å²) in [6, 6.07) is 4.84. The molecule has 0 spiro atoms. The third-order valence-corrected chi connectivity index (χ3v) is 2.92. The van der Waals surface area contributed by atoms with Crippen LogP contribution in [0.15, 0.2) is 18.2 Å². The molecule has 0 saturated carbocycles. The lowest BCUT2D eigenvalue weighted by Crippen LogP contribution is -2.33. The summed E-state index contributed by atoms with van der Waals surface area (Å²) in [5, 5.41) is 0. The summed E-state index contributed by atoms with van der Waals surface area (Å²) in [5.74, 6) is -0.333. The zero-order valence-corrected chi connectivity index (χ0v) is 11.1. The van der Waals surface area contributed by atoms with Crippen LogP contribution in [0.3, 0.4) is 0 Å². The van der Waals surface area contributed by atoms with Crippen molar-refractivity contribution in [2.45, 2.75) is 13.0 Å². The number of methoxy groups -OCH3 is 1. The van der Waals surface area contributed by atoms with E-state index < -0.39 is 0 Å². The third kappa shape index (κ3) is 3.38. The van der Waals surface area contributed by atoms with Crippen LogP contribution in [0, 0.1) is 5.82 Å². The number of thiocarbonyl (C=S) groups is 1. The molecule has 0 bridgehead atoms. The average Bonchev–Trinajstić information content (AvgIpc) is 2.28. The van der Waals surface area contributed by atoms with Crippen molar-refractivity contribution in [2.75, 3.05) is 25.7 Å². The van der Waals surface area contributed by atoms with Crippen LogP contribution in [0.25, 0.3) is 0 Å². The van der Waals surface area contributed by atoms with Crippen LogP contribution in [-0.2, 0) is 4.74 Å². The number of nitrogens with two attached hydrogens (primary N) is 1. The number of likely N-dealkylation sites (N-methyl/N-ethyl adjacent to an activating group) is 1. The van der Waals surface area contributed by atoms with Gasteiger partial charge in [0.2, 0.25) is 0 Å². The fraction of sp³-hybridized carbons (Fsp3) is 0.417. The minimum Gasteiger partial charge on any atom is -0.389 e. The molecule has 1 unspecified atom stereocenters. The van der Waals surface area contributed by atoms with Crippen LogP contribution in [0.4, 0.5) is 10.1 Å². The molecule has 0 aromatic heterocycles. The maximum Gasteiger partial charge on any atom is 0.147 e. The highest BCUT2D eigenvalue weighted by atomic mass is 32.1. The van der Waals surface area contributed by atoms with E-state index in [4.69, 9.17) is 22.7 Å². The number of halogens is 1. The van der Waals surface area contributed by atoms with Gasteiger partial charge in [-0.3, -0.25) is 0 Å².